The fraction of sp³-hybridized carbons (Fsp3) is 0.250. The van der Waals surface area contributed by atoms with Crippen molar-refractivity contribution in [1.82, 2.24) is 9.97 Å². The maximum absolute atomic E-state index is 6.55. The molecule has 0 fully saturated rings. The molecule has 0 spiro atoms. The maximum Gasteiger partial charge on any atom is 0.190 e. The first-order chi connectivity index (χ1) is 14.5. The zero-order valence-corrected chi connectivity index (χ0v) is 19.1. The van der Waals surface area contributed by atoms with E-state index in [0.29, 0.717) is 5.02 Å². The highest BCUT2D eigenvalue weighted by molar-refractivity contribution is 7.16. The number of aromatic nitrogens is 2. The third kappa shape index (κ3) is 3.75. The minimum atomic E-state index is 0.642. The Morgan fingerprint density at radius 2 is 1.97 bits per heavy atom. The number of hydrogen-bond donors (Lipinski definition) is 0. The summed E-state index contributed by atoms with van der Waals surface area (Å²) in [5.74, 6) is 0.740. The number of anilines is 2. The van der Waals surface area contributed by atoms with Gasteiger partial charge in [0.1, 0.15) is 5.75 Å². The van der Waals surface area contributed by atoms with Crippen LogP contribution in [-0.4, -0.2) is 23.6 Å². The van der Waals surface area contributed by atoms with Crippen molar-refractivity contribution >= 4 is 44.5 Å². The molecule has 2 aromatic carbocycles. The number of halogens is 1. The van der Waals surface area contributed by atoms with Crippen molar-refractivity contribution in [3.8, 4) is 17.0 Å². The van der Waals surface area contributed by atoms with Crippen LogP contribution in [0.3, 0.4) is 0 Å². The Bertz CT molecular complexity index is 1200. The number of methoxy groups -OCH3 is 1. The summed E-state index contributed by atoms with van der Waals surface area (Å²) < 4.78 is 5.29. The molecule has 154 valence electrons. The smallest absolute Gasteiger partial charge is 0.190 e. The van der Waals surface area contributed by atoms with Crippen molar-refractivity contribution in [1.29, 1.82) is 0 Å². The van der Waals surface area contributed by atoms with E-state index in [4.69, 9.17) is 21.3 Å². The lowest BCUT2D eigenvalue weighted by molar-refractivity contribution is 0.415. The molecule has 0 bridgehead atoms. The lowest BCUT2D eigenvalue weighted by atomic mass is 10.1. The van der Waals surface area contributed by atoms with Crippen molar-refractivity contribution in [3.05, 3.63) is 64.3 Å². The van der Waals surface area contributed by atoms with Crippen molar-refractivity contribution in [2.24, 2.45) is 0 Å². The van der Waals surface area contributed by atoms with Gasteiger partial charge in [-0.05, 0) is 50.1 Å². The fourth-order valence-corrected chi connectivity index (χ4v) is 4.92. The van der Waals surface area contributed by atoms with Gasteiger partial charge >= 0.3 is 0 Å². The molecule has 4 rings (SSSR count). The Morgan fingerprint density at radius 1 is 1.13 bits per heavy atom. The van der Waals surface area contributed by atoms with Gasteiger partial charge in [-0.3, -0.25) is 4.98 Å². The third-order valence-electron chi connectivity index (χ3n) is 5.16. The summed E-state index contributed by atoms with van der Waals surface area (Å²) in [5.41, 5.74) is 4.26. The first-order valence-electron chi connectivity index (χ1n) is 9.95. The van der Waals surface area contributed by atoms with Gasteiger partial charge in [-0.15, -0.1) is 11.3 Å². The van der Waals surface area contributed by atoms with Crippen LogP contribution in [-0.2, 0) is 0 Å². The topological polar surface area (TPSA) is 38.2 Å². The van der Waals surface area contributed by atoms with E-state index in [-0.39, 0.29) is 0 Å². The molecule has 0 unspecified atom stereocenters. The largest absolute Gasteiger partial charge is 0.497 e. The Balaban J connectivity index is 1.85. The van der Waals surface area contributed by atoms with Crippen LogP contribution < -0.4 is 9.64 Å². The van der Waals surface area contributed by atoms with E-state index < -0.39 is 0 Å². The molecular weight excluding hydrogens is 414 g/mol. The SMILES string of the molecule is CCCN(c1nc(-c2ccc(OC)cc2Cl)c(C)s1)c1c(C)ccc2cnccc12. The second-order valence-corrected chi connectivity index (χ2v) is 8.82. The Morgan fingerprint density at radius 3 is 2.70 bits per heavy atom. The average Bonchev–Trinajstić information content (AvgIpc) is 3.13. The van der Waals surface area contributed by atoms with Crippen LogP contribution >= 0.6 is 22.9 Å². The summed E-state index contributed by atoms with van der Waals surface area (Å²) >= 11 is 8.25. The molecule has 4 aromatic rings. The van der Waals surface area contributed by atoms with E-state index in [0.717, 1.165) is 45.4 Å². The molecule has 2 heterocycles. The highest BCUT2D eigenvalue weighted by Crippen LogP contribution is 2.41. The minimum Gasteiger partial charge on any atom is -0.497 e. The number of thiazole rings is 1. The molecule has 0 aliphatic carbocycles. The summed E-state index contributed by atoms with van der Waals surface area (Å²) in [7, 11) is 1.64. The number of rotatable bonds is 6. The van der Waals surface area contributed by atoms with E-state index in [1.807, 2.05) is 30.6 Å². The molecule has 0 N–H and O–H groups in total. The van der Waals surface area contributed by atoms with E-state index >= 15 is 0 Å². The van der Waals surface area contributed by atoms with Crippen molar-refractivity contribution in [2.45, 2.75) is 27.2 Å². The highest BCUT2D eigenvalue weighted by atomic mass is 35.5. The van der Waals surface area contributed by atoms with Crippen LogP contribution in [0.15, 0.2) is 48.8 Å². The number of pyridine rings is 1. The van der Waals surface area contributed by atoms with Gasteiger partial charge in [0.25, 0.3) is 0 Å². The molecule has 6 heteroatoms. The molecule has 0 saturated heterocycles. The van der Waals surface area contributed by atoms with Gasteiger partial charge in [-0.1, -0.05) is 30.7 Å². The summed E-state index contributed by atoms with van der Waals surface area (Å²) in [6, 6.07) is 12.1. The van der Waals surface area contributed by atoms with E-state index in [1.165, 1.54) is 16.6 Å². The van der Waals surface area contributed by atoms with Gasteiger partial charge < -0.3 is 9.64 Å². The molecule has 0 atom stereocenters. The highest BCUT2D eigenvalue weighted by Gasteiger charge is 2.21. The van der Waals surface area contributed by atoms with Crippen molar-refractivity contribution < 1.29 is 4.74 Å². The Kier molecular flexibility index (Phi) is 5.93. The van der Waals surface area contributed by atoms with Gasteiger partial charge in [-0.2, -0.15) is 0 Å². The van der Waals surface area contributed by atoms with Crippen LogP contribution in [0.1, 0.15) is 23.8 Å². The summed E-state index contributed by atoms with van der Waals surface area (Å²) in [6.45, 7) is 7.32. The second-order valence-electron chi connectivity index (χ2n) is 7.23. The lowest BCUT2D eigenvalue weighted by Crippen LogP contribution is -2.19. The molecule has 0 amide bonds. The number of ether oxygens (including phenoxy) is 1. The minimum absolute atomic E-state index is 0.642. The van der Waals surface area contributed by atoms with Gasteiger partial charge in [0, 0.05) is 40.2 Å². The van der Waals surface area contributed by atoms with E-state index in [9.17, 15) is 0 Å². The van der Waals surface area contributed by atoms with E-state index in [1.54, 1.807) is 18.4 Å². The number of benzene rings is 2. The monoisotopic (exact) mass is 437 g/mol. The fourth-order valence-electron chi connectivity index (χ4n) is 3.71. The number of hydrogen-bond acceptors (Lipinski definition) is 5. The van der Waals surface area contributed by atoms with Crippen LogP contribution in [0.5, 0.6) is 5.75 Å². The van der Waals surface area contributed by atoms with Crippen LogP contribution in [0.2, 0.25) is 5.02 Å². The van der Waals surface area contributed by atoms with Gasteiger partial charge in [0.05, 0.1) is 23.5 Å². The lowest BCUT2D eigenvalue weighted by Gasteiger charge is -2.25. The van der Waals surface area contributed by atoms with Crippen LogP contribution in [0, 0.1) is 13.8 Å². The van der Waals surface area contributed by atoms with E-state index in [2.05, 4.69) is 48.9 Å². The molecule has 0 radical (unpaired) electrons. The molecule has 0 saturated carbocycles. The Labute approximate surface area is 186 Å². The molecule has 4 nitrogen and oxygen atoms in total. The number of nitrogens with zero attached hydrogens (tertiary/aromatic N) is 3. The first-order valence-corrected chi connectivity index (χ1v) is 11.1. The quantitative estimate of drug-likeness (QED) is 0.320. The second kappa shape index (κ2) is 8.62. The normalized spacial score (nSPS) is 11.1. The van der Waals surface area contributed by atoms with Crippen LogP contribution in [0.25, 0.3) is 22.0 Å². The molecular formula is C24H24ClN3OS. The summed E-state index contributed by atoms with van der Waals surface area (Å²) in [5, 5.41) is 3.94. The number of fused-ring (bicyclic) bond motifs is 1. The van der Waals surface area contributed by atoms with Gasteiger partial charge in [0.2, 0.25) is 0 Å². The zero-order chi connectivity index (χ0) is 21.3. The van der Waals surface area contributed by atoms with Gasteiger partial charge in [0.15, 0.2) is 5.13 Å². The summed E-state index contributed by atoms with van der Waals surface area (Å²) in [6.07, 6.45) is 4.78. The summed E-state index contributed by atoms with van der Waals surface area (Å²) in [4.78, 5) is 12.8. The maximum atomic E-state index is 6.55. The Hall–Kier alpha value is -2.63. The number of aryl methyl sites for hydroxylation is 2. The standard InChI is InChI=1S/C24H24ClN3OS/c1-5-12-28(23-15(2)6-7-17-14-26-11-10-19(17)23)24-27-22(16(3)30-24)20-9-8-18(29-4)13-21(20)25/h6-11,13-14H,5,12H2,1-4H3. The average molecular weight is 438 g/mol. The molecule has 0 aliphatic rings. The predicted molar refractivity (Wildman–Crippen MR) is 128 cm³/mol. The molecule has 2 aromatic heterocycles. The molecule has 0 aliphatic heterocycles. The zero-order valence-electron chi connectivity index (χ0n) is 17.6. The third-order valence-corrected chi connectivity index (χ3v) is 6.46. The molecule has 30 heavy (non-hydrogen) atoms. The van der Waals surface area contributed by atoms with Crippen molar-refractivity contribution in [3.63, 3.8) is 0 Å². The first kappa shape index (κ1) is 20.6. The van der Waals surface area contributed by atoms with Crippen molar-refractivity contribution in [2.75, 3.05) is 18.6 Å². The van der Waals surface area contributed by atoms with Gasteiger partial charge in [-0.25, -0.2) is 4.98 Å². The predicted octanol–water partition coefficient (Wildman–Crippen LogP) is 7.19. The van der Waals surface area contributed by atoms with Crippen LogP contribution in [0.4, 0.5) is 10.8 Å².